The van der Waals surface area contributed by atoms with E-state index in [0.717, 1.165) is 16.1 Å². The average Bonchev–Trinajstić information content (AvgIpc) is 2.81. The van der Waals surface area contributed by atoms with E-state index < -0.39 is 34.1 Å². The molecule has 2 aromatic carbocycles. The number of benzene rings is 2. The third-order valence-corrected chi connectivity index (χ3v) is 6.63. The number of sulfonamides is 1. The van der Waals surface area contributed by atoms with Gasteiger partial charge in [-0.25, -0.2) is 8.42 Å². The first kappa shape index (κ1) is 30.0. The van der Waals surface area contributed by atoms with Crippen molar-refractivity contribution in [1.82, 2.24) is 10.2 Å². The van der Waals surface area contributed by atoms with Crippen LogP contribution in [0.15, 0.2) is 48.5 Å². The fourth-order valence-electron chi connectivity index (χ4n) is 3.83. The summed E-state index contributed by atoms with van der Waals surface area (Å²) in [5.41, 5.74) is 0.575. The number of ether oxygens (including phenoxy) is 2. The van der Waals surface area contributed by atoms with Crippen LogP contribution in [-0.2, 0) is 26.2 Å². The van der Waals surface area contributed by atoms with E-state index in [4.69, 9.17) is 9.47 Å². The van der Waals surface area contributed by atoms with Crippen LogP contribution >= 0.6 is 0 Å². The van der Waals surface area contributed by atoms with Gasteiger partial charge in [0.15, 0.2) is 0 Å². The van der Waals surface area contributed by atoms with Crippen molar-refractivity contribution in [3.63, 3.8) is 0 Å². The first-order chi connectivity index (χ1) is 17.3. The van der Waals surface area contributed by atoms with E-state index in [2.05, 4.69) is 5.32 Å². The van der Waals surface area contributed by atoms with Crippen molar-refractivity contribution in [2.45, 2.75) is 59.2 Å². The predicted molar refractivity (Wildman–Crippen MR) is 145 cm³/mol. The minimum atomic E-state index is -3.81. The maximum absolute atomic E-state index is 13.8. The SMILES string of the molecule is CCOc1ccc(N(CC(=O)N(Cc2cccc(OC)c2)C(CC)C(=O)NC(C)(C)C)S(C)(=O)=O)cc1. The Morgan fingerprint density at radius 1 is 1.03 bits per heavy atom. The number of amides is 2. The number of nitrogens with one attached hydrogen (secondary N) is 1. The van der Waals surface area contributed by atoms with E-state index in [9.17, 15) is 18.0 Å². The molecule has 0 saturated carbocycles. The number of carbonyl (C=O) groups is 2. The summed E-state index contributed by atoms with van der Waals surface area (Å²) < 4.78 is 37.3. The van der Waals surface area contributed by atoms with Gasteiger partial charge >= 0.3 is 0 Å². The van der Waals surface area contributed by atoms with Gasteiger partial charge in [-0.15, -0.1) is 0 Å². The molecular weight excluding hydrogens is 494 g/mol. The Balaban J connectivity index is 2.45. The Morgan fingerprint density at radius 3 is 2.19 bits per heavy atom. The molecular formula is C27H39N3O6S. The zero-order valence-electron chi connectivity index (χ0n) is 22.8. The molecule has 10 heteroatoms. The van der Waals surface area contributed by atoms with Gasteiger partial charge in [-0.2, -0.15) is 0 Å². The van der Waals surface area contributed by atoms with Gasteiger partial charge in [0.05, 0.1) is 25.7 Å². The quantitative estimate of drug-likeness (QED) is 0.447. The van der Waals surface area contributed by atoms with Crippen molar-refractivity contribution in [2.75, 3.05) is 30.8 Å². The number of anilines is 1. The summed E-state index contributed by atoms with van der Waals surface area (Å²) in [7, 11) is -2.26. The number of rotatable bonds is 12. The first-order valence-corrected chi connectivity index (χ1v) is 14.1. The molecule has 0 fully saturated rings. The zero-order chi connectivity index (χ0) is 27.8. The molecule has 2 amide bonds. The van der Waals surface area contributed by atoms with E-state index in [1.165, 1.54) is 4.90 Å². The molecule has 2 rings (SSSR count). The number of nitrogens with zero attached hydrogens (tertiary/aromatic N) is 2. The molecule has 0 spiro atoms. The van der Waals surface area contributed by atoms with Crippen LogP contribution in [0.5, 0.6) is 11.5 Å². The summed E-state index contributed by atoms with van der Waals surface area (Å²) in [6, 6.07) is 12.9. The molecule has 0 saturated heterocycles. The lowest BCUT2D eigenvalue weighted by molar-refractivity contribution is -0.141. The maximum atomic E-state index is 13.8. The summed E-state index contributed by atoms with van der Waals surface area (Å²) >= 11 is 0. The lowest BCUT2D eigenvalue weighted by atomic mass is 10.1. The van der Waals surface area contributed by atoms with E-state index >= 15 is 0 Å². The highest BCUT2D eigenvalue weighted by molar-refractivity contribution is 7.92. The van der Waals surface area contributed by atoms with Gasteiger partial charge < -0.3 is 19.7 Å². The van der Waals surface area contributed by atoms with Crippen LogP contribution in [0, 0.1) is 0 Å². The monoisotopic (exact) mass is 533 g/mol. The number of hydrogen-bond acceptors (Lipinski definition) is 6. The van der Waals surface area contributed by atoms with Crippen LogP contribution in [0.1, 0.15) is 46.6 Å². The Hall–Kier alpha value is -3.27. The average molecular weight is 534 g/mol. The highest BCUT2D eigenvalue weighted by atomic mass is 32.2. The minimum Gasteiger partial charge on any atom is -0.497 e. The molecule has 37 heavy (non-hydrogen) atoms. The molecule has 1 atom stereocenters. The molecule has 0 heterocycles. The summed E-state index contributed by atoms with van der Waals surface area (Å²) in [4.78, 5) is 28.4. The van der Waals surface area contributed by atoms with Gasteiger partial charge in [0.1, 0.15) is 24.1 Å². The smallest absolute Gasteiger partial charge is 0.244 e. The van der Waals surface area contributed by atoms with Crippen molar-refractivity contribution < 1.29 is 27.5 Å². The molecule has 0 aromatic heterocycles. The molecule has 1 unspecified atom stereocenters. The lowest BCUT2D eigenvalue weighted by Gasteiger charge is -2.34. The predicted octanol–water partition coefficient (Wildman–Crippen LogP) is 3.58. The zero-order valence-corrected chi connectivity index (χ0v) is 23.6. The first-order valence-electron chi connectivity index (χ1n) is 12.2. The van der Waals surface area contributed by atoms with Gasteiger partial charge in [-0.1, -0.05) is 19.1 Å². The van der Waals surface area contributed by atoms with Gasteiger partial charge in [0, 0.05) is 12.1 Å². The number of carbonyl (C=O) groups excluding carboxylic acids is 2. The van der Waals surface area contributed by atoms with Crippen LogP contribution in [0.4, 0.5) is 5.69 Å². The van der Waals surface area contributed by atoms with Crippen molar-refractivity contribution >= 4 is 27.5 Å². The van der Waals surface area contributed by atoms with E-state index in [1.807, 2.05) is 40.7 Å². The van der Waals surface area contributed by atoms with Gasteiger partial charge in [0.25, 0.3) is 0 Å². The Bertz CT molecular complexity index is 1160. The van der Waals surface area contributed by atoms with Gasteiger partial charge in [-0.3, -0.25) is 13.9 Å². The van der Waals surface area contributed by atoms with Crippen LogP contribution < -0.4 is 19.1 Å². The second-order valence-corrected chi connectivity index (χ2v) is 11.6. The Kier molecular flexibility index (Phi) is 10.4. The molecule has 9 nitrogen and oxygen atoms in total. The fraction of sp³-hybridized carbons (Fsp3) is 0.481. The molecule has 0 aliphatic rings. The summed E-state index contributed by atoms with van der Waals surface area (Å²) in [6.07, 6.45) is 1.40. The molecule has 0 aliphatic carbocycles. The number of hydrogen-bond donors (Lipinski definition) is 1. The third kappa shape index (κ3) is 8.96. The summed E-state index contributed by atoms with van der Waals surface area (Å²) in [6.45, 7) is 9.38. The number of methoxy groups -OCH3 is 1. The third-order valence-electron chi connectivity index (χ3n) is 5.49. The van der Waals surface area contributed by atoms with Crippen molar-refractivity contribution in [2.24, 2.45) is 0 Å². The van der Waals surface area contributed by atoms with Crippen molar-refractivity contribution in [3.05, 3.63) is 54.1 Å². The minimum absolute atomic E-state index is 0.104. The van der Waals surface area contributed by atoms with Crippen LogP contribution in [0.2, 0.25) is 0 Å². The Morgan fingerprint density at radius 2 is 1.68 bits per heavy atom. The lowest BCUT2D eigenvalue weighted by Crippen LogP contribution is -2.55. The highest BCUT2D eigenvalue weighted by Gasteiger charge is 2.33. The van der Waals surface area contributed by atoms with E-state index in [1.54, 1.807) is 49.6 Å². The second-order valence-electron chi connectivity index (χ2n) is 9.73. The second kappa shape index (κ2) is 12.8. The van der Waals surface area contributed by atoms with Gasteiger partial charge in [-0.05, 0) is 76.1 Å². The molecule has 2 aromatic rings. The fourth-order valence-corrected chi connectivity index (χ4v) is 4.68. The summed E-state index contributed by atoms with van der Waals surface area (Å²) in [5, 5.41) is 2.94. The van der Waals surface area contributed by atoms with E-state index in [0.29, 0.717) is 30.2 Å². The normalized spacial score (nSPS) is 12.4. The maximum Gasteiger partial charge on any atom is 0.244 e. The molecule has 0 bridgehead atoms. The molecule has 0 radical (unpaired) electrons. The summed E-state index contributed by atoms with van der Waals surface area (Å²) in [5.74, 6) is 0.399. The molecule has 0 aliphatic heterocycles. The van der Waals surface area contributed by atoms with Gasteiger partial charge in [0.2, 0.25) is 21.8 Å². The Labute approximate surface area is 220 Å². The topological polar surface area (TPSA) is 105 Å². The van der Waals surface area contributed by atoms with Crippen LogP contribution in [0.25, 0.3) is 0 Å². The highest BCUT2D eigenvalue weighted by Crippen LogP contribution is 2.23. The van der Waals surface area contributed by atoms with Crippen molar-refractivity contribution in [3.8, 4) is 11.5 Å². The molecule has 1 N–H and O–H groups in total. The van der Waals surface area contributed by atoms with Crippen molar-refractivity contribution in [1.29, 1.82) is 0 Å². The van der Waals surface area contributed by atoms with Crippen LogP contribution in [-0.4, -0.2) is 63.2 Å². The van der Waals surface area contributed by atoms with E-state index in [-0.39, 0.29) is 12.5 Å². The largest absolute Gasteiger partial charge is 0.497 e. The standard InChI is InChI=1S/C27H39N3O6S/c1-8-24(26(32)28-27(3,4)5)29(18-20-11-10-12-23(17-20)35-6)25(31)19-30(37(7,33)34)21-13-15-22(16-14-21)36-9-2/h10-17,24H,8-9,18-19H2,1-7H3,(H,28,32). The van der Waals surface area contributed by atoms with Crippen LogP contribution in [0.3, 0.4) is 0 Å². The molecule has 204 valence electrons.